The molecule has 1 N–H and O–H groups in total. The van der Waals surface area contributed by atoms with Crippen molar-refractivity contribution >= 4 is 5.95 Å². The van der Waals surface area contributed by atoms with Crippen LogP contribution in [-0.2, 0) is 11.3 Å². The Labute approximate surface area is 95.8 Å². The van der Waals surface area contributed by atoms with E-state index in [1.807, 2.05) is 13.1 Å². The smallest absolute Gasteiger partial charge is 0.225 e. The highest BCUT2D eigenvalue weighted by Gasteiger charge is 2.13. The van der Waals surface area contributed by atoms with Crippen molar-refractivity contribution in [3.8, 4) is 0 Å². The quantitative estimate of drug-likeness (QED) is 0.799. The number of hydrogen-bond acceptors (Lipinski definition) is 5. The third-order valence-electron chi connectivity index (χ3n) is 2.77. The highest BCUT2D eigenvalue weighted by atomic mass is 16.5. The van der Waals surface area contributed by atoms with E-state index in [9.17, 15) is 0 Å². The van der Waals surface area contributed by atoms with Crippen molar-refractivity contribution < 1.29 is 4.74 Å². The maximum Gasteiger partial charge on any atom is 0.225 e. The molecule has 0 atom stereocenters. The van der Waals surface area contributed by atoms with Gasteiger partial charge in [0.25, 0.3) is 0 Å². The van der Waals surface area contributed by atoms with Gasteiger partial charge in [0.2, 0.25) is 5.95 Å². The number of rotatable bonds is 3. The van der Waals surface area contributed by atoms with Crippen LogP contribution in [0, 0.1) is 6.92 Å². The Morgan fingerprint density at radius 3 is 2.81 bits per heavy atom. The summed E-state index contributed by atoms with van der Waals surface area (Å²) in [4.78, 5) is 11.1. The molecule has 0 aromatic carbocycles. The molecule has 0 bridgehead atoms. The SMILES string of the molecule is COCc1cnc(N2CCNCC2)nc1C. The van der Waals surface area contributed by atoms with Gasteiger partial charge in [-0.25, -0.2) is 9.97 Å². The maximum atomic E-state index is 5.09. The van der Waals surface area contributed by atoms with Gasteiger partial charge in [-0.05, 0) is 6.92 Å². The number of ether oxygens (including phenoxy) is 1. The minimum absolute atomic E-state index is 0.577. The molecule has 1 aromatic heterocycles. The zero-order valence-electron chi connectivity index (χ0n) is 9.86. The van der Waals surface area contributed by atoms with Gasteiger partial charge >= 0.3 is 0 Å². The van der Waals surface area contributed by atoms with E-state index in [0.29, 0.717) is 6.61 Å². The van der Waals surface area contributed by atoms with E-state index in [-0.39, 0.29) is 0 Å². The van der Waals surface area contributed by atoms with Gasteiger partial charge in [-0.2, -0.15) is 0 Å². The molecule has 0 aliphatic carbocycles. The molecule has 0 radical (unpaired) electrons. The van der Waals surface area contributed by atoms with Gasteiger partial charge in [0.1, 0.15) is 0 Å². The third kappa shape index (κ3) is 2.48. The average Bonchev–Trinajstić information content (AvgIpc) is 2.33. The molecule has 5 nitrogen and oxygen atoms in total. The van der Waals surface area contributed by atoms with E-state index < -0.39 is 0 Å². The highest BCUT2D eigenvalue weighted by molar-refractivity contribution is 5.33. The first kappa shape index (κ1) is 11.3. The van der Waals surface area contributed by atoms with E-state index in [2.05, 4.69) is 20.2 Å². The van der Waals surface area contributed by atoms with Crippen molar-refractivity contribution in [2.75, 3.05) is 38.2 Å². The highest BCUT2D eigenvalue weighted by Crippen LogP contribution is 2.12. The van der Waals surface area contributed by atoms with Crippen LogP contribution in [0.5, 0.6) is 0 Å². The van der Waals surface area contributed by atoms with E-state index in [4.69, 9.17) is 4.74 Å². The molecule has 16 heavy (non-hydrogen) atoms. The topological polar surface area (TPSA) is 50.3 Å². The standard InChI is InChI=1S/C11H18N4O/c1-9-10(8-16-2)7-13-11(14-9)15-5-3-12-4-6-15/h7,12H,3-6,8H2,1-2H3. The van der Waals surface area contributed by atoms with Crippen molar-refractivity contribution in [3.63, 3.8) is 0 Å². The molecule has 2 heterocycles. The van der Waals surface area contributed by atoms with Crippen LogP contribution in [0.25, 0.3) is 0 Å². The lowest BCUT2D eigenvalue weighted by Gasteiger charge is -2.27. The number of piperazine rings is 1. The summed E-state index contributed by atoms with van der Waals surface area (Å²) >= 11 is 0. The maximum absolute atomic E-state index is 5.09. The second-order valence-electron chi connectivity index (χ2n) is 3.95. The first-order valence-corrected chi connectivity index (χ1v) is 5.58. The van der Waals surface area contributed by atoms with Crippen LogP contribution in [0.15, 0.2) is 6.20 Å². The molecule has 1 aliphatic rings. The Kier molecular flexibility index (Phi) is 3.69. The fourth-order valence-electron chi connectivity index (χ4n) is 1.79. The van der Waals surface area contributed by atoms with E-state index in [1.165, 1.54) is 0 Å². The molecule has 88 valence electrons. The van der Waals surface area contributed by atoms with Gasteiger partial charge in [-0.3, -0.25) is 0 Å². The summed E-state index contributed by atoms with van der Waals surface area (Å²) in [7, 11) is 1.68. The van der Waals surface area contributed by atoms with Crippen molar-refractivity contribution in [1.29, 1.82) is 0 Å². The number of anilines is 1. The monoisotopic (exact) mass is 222 g/mol. The second-order valence-corrected chi connectivity index (χ2v) is 3.95. The largest absolute Gasteiger partial charge is 0.380 e. The molecule has 1 aromatic rings. The van der Waals surface area contributed by atoms with Crippen molar-refractivity contribution in [3.05, 3.63) is 17.5 Å². The zero-order chi connectivity index (χ0) is 11.4. The summed E-state index contributed by atoms with van der Waals surface area (Å²) in [5.41, 5.74) is 2.06. The molecule has 0 unspecified atom stereocenters. The normalized spacial score (nSPS) is 16.5. The number of aromatic nitrogens is 2. The van der Waals surface area contributed by atoms with Gasteiger partial charge in [-0.1, -0.05) is 0 Å². The molecule has 1 aliphatic heterocycles. The lowest BCUT2D eigenvalue weighted by Crippen LogP contribution is -2.44. The summed E-state index contributed by atoms with van der Waals surface area (Å²) in [6, 6.07) is 0. The fraction of sp³-hybridized carbons (Fsp3) is 0.636. The Morgan fingerprint density at radius 1 is 1.44 bits per heavy atom. The zero-order valence-corrected chi connectivity index (χ0v) is 9.86. The summed E-state index contributed by atoms with van der Waals surface area (Å²) in [5, 5.41) is 3.31. The molecule has 2 rings (SSSR count). The number of methoxy groups -OCH3 is 1. The van der Waals surface area contributed by atoms with Crippen LogP contribution in [0.1, 0.15) is 11.3 Å². The number of hydrogen-bond donors (Lipinski definition) is 1. The van der Waals surface area contributed by atoms with Crippen LogP contribution >= 0.6 is 0 Å². The first-order chi connectivity index (χ1) is 7.81. The van der Waals surface area contributed by atoms with Crippen LogP contribution in [0.2, 0.25) is 0 Å². The molecule has 0 saturated carbocycles. The summed E-state index contributed by atoms with van der Waals surface area (Å²) in [5.74, 6) is 0.832. The second kappa shape index (κ2) is 5.23. The van der Waals surface area contributed by atoms with Crippen LogP contribution in [-0.4, -0.2) is 43.3 Å². The molecule has 0 amide bonds. The minimum atomic E-state index is 0.577. The van der Waals surface area contributed by atoms with Gasteiger partial charge < -0.3 is 15.0 Å². The van der Waals surface area contributed by atoms with E-state index in [0.717, 1.165) is 43.4 Å². The summed E-state index contributed by atoms with van der Waals surface area (Å²) < 4.78 is 5.09. The Bertz CT molecular complexity index is 350. The molecule has 1 saturated heterocycles. The van der Waals surface area contributed by atoms with Gasteiger partial charge in [0.05, 0.1) is 6.61 Å². The lowest BCUT2D eigenvalue weighted by molar-refractivity contribution is 0.183. The predicted octanol–water partition coefficient (Wildman–Crippen LogP) is 0.341. The van der Waals surface area contributed by atoms with Crippen molar-refractivity contribution in [1.82, 2.24) is 15.3 Å². The number of nitrogens with one attached hydrogen (secondary N) is 1. The van der Waals surface area contributed by atoms with Gasteiger partial charge in [0.15, 0.2) is 0 Å². The molecule has 0 spiro atoms. The Hall–Kier alpha value is -1.20. The van der Waals surface area contributed by atoms with Crippen LogP contribution in [0.3, 0.4) is 0 Å². The summed E-state index contributed by atoms with van der Waals surface area (Å²) in [6.45, 7) is 6.53. The predicted molar refractivity (Wildman–Crippen MR) is 62.6 cm³/mol. The number of nitrogens with zero attached hydrogens (tertiary/aromatic N) is 3. The molecule has 5 heteroatoms. The molecule has 1 fully saturated rings. The van der Waals surface area contributed by atoms with Crippen LogP contribution < -0.4 is 10.2 Å². The van der Waals surface area contributed by atoms with Gasteiger partial charge in [-0.15, -0.1) is 0 Å². The van der Waals surface area contributed by atoms with E-state index >= 15 is 0 Å². The molecular formula is C11H18N4O. The first-order valence-electron chi connectivity index (χ1n) is 5.58. The number of aryl methyl sites for hydroxylation is 1. The summed E-state index contributed by atoms with van der Waals surface area (Å²) in [6.07, 6.45) is 1.86. The minimum Gasteiger partial charge on any atom is -0.380 e. The van der Waals surface area contributed by atoms with Crippen molar-refractivity contribution in [2.24, 2.45) is 0 Å². The third-order valence-corrected chi connectivity index (χ3v) is 2.77. The van der Waals surface area contributed by atoms with Crippen molar-refractivity contribution in [2.45, 2.75) is 13.5 Å². The molecular weight excluding hydrogens is 204 g/mol. The average molecular weight is 222 g/mol. The fourth-order valence-corrected chi connectivity index (χ4v) is 1.79. The lowest BCUT2D eigenvalue weighted by atomic mass is 10.2. The van der Waals surface area contributed by atoms with E-state index in [1.54, 1.807) is 7.11 Å². The van der Waals surface area contributed by atoms with Gasteiger partial charge in [0, 0.05) is 50.7 Å². The Balaban J connectivity index is 2.13. The Morgan fingerprint density at radius 2 is 2.19 bits per heavy atom. The van der Waals surface area contributed by atoms with Crippen LogP contribution in [0.4, 0.5) is 5.95 Å².